The Balaban J connectivity index is 1.38. The Labute approximate surface area is 178 Å². The van der Waals surface area contributed by atoms with E-state index >= 15 is 0 Å². The van der Waals surface area contributed by atoms with Crippen molar-refractivity contribution in [2.24, 2.45) is 0 Å². The normalized spacial score (nSPS) is 17.8. The zero-order valence-electron chi connectivity index (χ0n) is 17.5. The molecule has 0 saturated carbocycles. The Morgan fingerprint density at radius 1 is 0.967 bits per heavy atom. The molecule has 2 heterocycles. The molecule has 0 aliphatic carbocycles. The summed E-state index contributed by atoms with van der Waals surface area (Å²) in [5.41, 5.74) is 2.74. The summed E-state index contributed by atoms with van der Waals surface area (Å²) < 4.78 is 5.23. The van der Waals surface area contributed by atoms with Crippen molar-refractivity contribution in [2.45, 2.75) is 25.8 Å². The van der Waals surface area contributed by atoms with Gasteiger partial charge in [-0.15, -0.1) is 0 Å². The maximum atomic E-state index is 13.1. The lowest BCUT2D eigenvalue weighted by Gasteiger charge is -2.23. The van der Waals surface area contributed by atoms with Crippen molar-refractivity contribution in [3.8, 4) is 5.75 Å². The van der Waals surface area contributed by atoms with E-state index in [0.29, 0.717) is 18.5 Å². The summed E-state index contributed by atoms with van der Waals surface area (Å²) in [6, 6.07) is 15.7. The van der Waals surface area contributed by atoms with Crippen LogP contribution in [0.3, 0.4) is 0 Å². The van der Waals surface area contributed by atoms with Crippen LogP contribution in [0.5, 0.6) is 5.75 Å². The van der Waals surface area contributed by atoms with Crippen molar-refractivity contribution in [2.75, 3.05) is 44.7 Å². The van der Waals surface area contributed by atoms with E-state index in [2.05, 4.69) is 17.0 Å². The van der Waals surface area contributed by atoms with E-state index in [9.17, 15) is 9.59 Å². The summed E-state index contributed by atoms with van der Waals surface area (Å²) in [6.07, 6.45) is 2.42. The number of methoxy groups -OCH3 is 1. The number of anilines is 1. The third-order valence-corrected chi connectivity index (χ3v) is 5.92. The number of carbonyl (C=O) groups is 2. The molecule has 2 saturated heterocycles. The van der Waals surface area contributed by atoms with E-state index in [1.54, 1.807) is 12.0 Å². The number of amides is 2. The predicted octanol–water partition coefficient (Wildman–Crippen LogP) is 3.17. The molecular weight excluding hydrogens is 378 g/mol. The highest BCUT2D eigenvalue weighted by atomic mass is 16.5. The smallest absolute Gasteiger partial charge is 0.253 e. The minimum absolute atomic E-state index is 0.0507. The Hall–Kier alpha value is -2.86. The lowest BCUT2D eigenvalue weighted by atomic mass is 10.1. The number of ether oxygens (including phenoxy) is 1. The van der Waals surface area contributed by atoms with Crippen LogP contribution in [0.4, 0.5) is 5.69 Å². The molecule has 0 N–H and O–H groups in total. The van der Waals surface area contributed by atoms with Gasteiger partial charge in [0.25, 0.3) is 5.91 Å². The van der Waals surface area contributed by atoms with E-state index in [-0.39, 0.29) is 11.8 Å². The van der Waals surface area contributed by atoms with Crippen molar-refractivity contribution < 1.29 is 14.3 Å². The van der Waals surface area contributed by atoms with Gasteiger partial charge in [-0.1, -0.05) is 18.2 Å². The van der Waals surface area contributed by atoms with Gasteiger partial charge in [0.15, 0.2) is 0 Å². The summed E-state index contributed by atoms with van der Waals surface area (Å²) in [5, 5.41) is 0. The molecule has 2 aliphatic heterocycles. The highest BCUT2D eigenvalue weighted by molar-refractivity contribution is 5.99. The zero-order valence-corrected chi connectivity index (χ0v) is 17.5. The van der Waals surface area contributed by atoms with Crippen molar-refractivity contribution in [3.05, 3.63) is 59.7 Å². The fraction of sp³-hybridized carbons (Fsp3) is 0.417. The van der Waals surface area contributed by atoms with Crippen LogP contribution in [-0.2, 0) is 11.3 Å². The van der Waals surface area contributed by atoms with E-state index in [1.807, 2.05) is 41.3 Å². The number of hydrogen-bond donors (Lipinski definition) is 0. The monoisotopic (exact) mass is 407 g/mol. The first-order valence-corrected chi connectivity index (χ1v) is 10.7. The lowest BCUT2D eigenvalue weighted by molar-refractivity contribution is -0.117. The molecule has 0 unspecified atom stereocenters. The van der Waals surface area contributed by atoms with Crippen molar-refractivity contribution in [1.82, 2.24) is 9.80 Å². The molecule has 2 aromatic carbocycles. The highest BCUT2D eigenvalue weighted by Gasteiger charge is 2.24. The number of nitrogens with zero attached hydrogens (tertiary/aromatic N) is 3. The molecule has 0 aromatic heterocycles. The molecule has 158 valence electrons. The fourth-order valence-corrected chi connectivity index (χ4v) is 4.23. The van der Waals surface area contributed by atoms with Crippen molar-refractivity contribution in [3.63, 3.8) is 0 Å². The van der Waals surface area contributed by atoms with Crippen LogP contribution in [0.1, 0.15) is 35.2 Å². The van der Waals surface area contributed by atoms with Gasteiger partial charge < -0.3 is 14.5 Å². The summed E-state index contributed by atoms with van der Waals surface area (Å²) in [7, 11) is 1.67. The van der Waals surface area contributed by atoms with E-state index in [0.717, 1.165) is 57.0 Å². The van der Waals surface area contributed by atoms with E-state index in [4.69, 9.17) is 4.74 Å². The van der Waals surface area contributed by atoms with Crippen LogP contribution in [0.25, 0.3) is 0 Å². The van der Waals surface area contributed by atoms with Crippen molar-refractivity contribution >= 4 is 17.5 Å². The van der Waals surface area contributed by atoms with Crippen LogP contribution in [-0.4, -0.2) is 61.4 Å². The lowest BCUT2D eigenvalue weighted by Crippen LogP contribution is -2.35. The molecule has 2 fully saturated rings. The molecule has 30 heavy (non-hydrogen) atoms. The Morgan fingerprint density at radius 3 is 2.53 bits per heavy atom. The topological polar surface area (TPSA) is 53.1 Å². The van der Waals surface area contributed by atoms with Gasteiger partial charge in [0.1, 0.15) is 5.75 Å². The first-order chi connectivity index (χ1) is 14.6. The average Bonchev–Trinajstić information content (AvgIpc) is 3.08. The van der Waals surface area contributed by atoms with Gasteiger partial charge in [-0.2, -0.15) is 0 Å². The Bertz CT molecular complexity index is 897. The molecule has 6 heteroatoms. The molecule has 6 nitrogen and oxygen atoms in total. The first kappa shape index (κ1) is 20.4. The highest BCUT2D eigenvalue weighted by Crippen LogP contribution is 2.23. The second kappa shape index (κ2) is 9.30. The summed E-state index contributed by atoms with van der Waals surface area (Å²) in [4.78, 5) is 31.3. The third-order valence-electron chi connectivity index (χ3n) is 5.92. The molecule has 0 atom stereocenters. The molecule has 2 aromatic rings. The van der Waals surface area contributed by atoms with Gasteiger partial charge in [0.05, 0.1) is 7.11 Å². The van der Waals surface area contributed by atoms with Gasteiger partial charge in [0.2, 0.25) is 5.91 Å². The van der Waals surface area contributed by atoms with Crippen molar-refractivity contribution in [1.29, 1.82) is 0 Å². The predicted molar refractivity (Wildman–Crippen MR) is 117 cm³/mol. The minimum atomic E-state index is 0.0507. The molecule has 0 bridgehead atoms. The molecule has 2 amide bonds. The number of benzene rings is 2. The SMILES string of the molecule is COc1ccc(CN2CCCN(C(=O)c3cccc(N4CCCC4=O)c3)CC2)cc1. The quantitative estimate of drug-likeness (QED) is 0.764. The first-order valence-electron chi connectivity index (χ1n) is 10.7. The molecule has 4 rings (SSSR count). The van der Waals surface area contributed by atoms with E-state index in [1.165, 1.54) is 5.56 Å². The zero-order chi connectivity index (χ0) is 20.9. The van der Waals surface area contributed by atoms with Gasteiger partial charge in [-0.3, -0.25) is 14.5 Å². The molecule has 0 radical (unpaired) electrons. The second-order valence-electron chi connectivity index (χ2n) is 7.97. The molecule has 2 aliphatic rings. The van der Waals surface area contributed by atoms with Gasteiger partial charge in [-0.25, -0.2) is 0 Å². The Kier molecular flexibility index (Phi) is 6.33. The van der Waals surface area contributed by atoms with Gasteiger partial charge >= 0.3 is 0 Å². The van der Waals surface area contributed by atoms with Gasteiger partial charge in [-0.05, 0) is 48.7 Å². The number of rotatable bonds is 5. The summed E-state index contributed by atoms with van der Waals surface area (Å²) in [5.74, 6) is 1.06. The molecule has 0 spiro atoms. The summed E-state index contributed by atoms with van der Waals surface area (Å²) in [6.45, 7) is 4.89. The fourth-order valence-electron chi connectivity index (χ4n) is 4.23. The van der Waals surface area contributed by atoms with Crippen LogP contribution in [0, 0.1) is 0 Å². The largest absolute Gasteiger partial charge is 0.497 e. The standard InChI is InChI=1S/C24H29N3O3/c1-30-22-10-8-19(9-11-22)18-25-12-4-13-26(16-15-25)24(29)20-5-2-6-21(17-20)27-14-3-7-23(27)28/h2,5-6,8-11,17H,3-4,7,12-16,18H2,1H3. The number of hydrogen-bond acceptors (Lipinski definition) is 4. The molecular formula is C24H29N3O3. The minimum Gasteiger partial charge on any atom is -0.497 e. The number of carbonyl (C=O) groups excluding carboxylic acids is 2. The third kappa shape index (κ3) is 4.65. The maximum absolute atomic E-state index is 13.1. The summed E-state index contributed by atoms with van der Waals surface area (Å²) >= 11 is 0. The maximum Gasteiger partial charge on any atom is 0.253 e. The van der Waals surface area contributed by atoms with Crippen LogP contribution >= 0.6 is 0 Å². The van der Waals surface area contributed by atoms with Crippen LogP contribution < -0.4 is 9.64 Å². The average molecular weight is 408 g/mol. The second-order valence-corrected chi connectivity index (χ2v) is 7.97. The Morgan fingerprint density at radius 2 is 1.80 bits per heavy atom. The van der Waals surface area contributed by atoms with E-state index < -0.39 is 0 Å². The van der Waals surface area contributed by atoms with Gasteiger partial charge in [0, 0.05) is 56.9 Å². The van der Waals surface area contributed by atoms with Crippen LogP contribution in [0.2, 0.25) is 0 Å². The van der Waals surface area contributed by atoms with Crippen LogP contribution in [0.15, 0.2) is 48.5 Å².